The molecule has 0 aromatic heterocycles. The van der Waals surface area contributed by atoms with Gasteiger partial charge < -0.3 is 24.1 Å². The van der Waals surface area contributed by atoms with E-state index in [-0.39, 0.29) is 18.8 Å². The zero-order chi connectivity index (χ0) is 13.5. The van der Waals surface area contributed by atoms with Gasteiger partial charge in [0.2, 0.25) is 0 Å². The van der Waals surface area contributed by atoms with Crippen LogP contribution in [0.3, 0.4) is 0 Å². The number of rotatable bonds is 6. The maximum atomic E-state index is 7.57. The highest BCUT2D eigenvalue weighted by atomic mass is 16.6. The summed E-state index contributed by atoms with van der Waals surface area (Å²) in [6, 6.07) is 7.66. The molecule has 2 aliphatic rings. The van der Waals surface area contributed by atoms with Crippen LogP contribution in [0.15, 0.2) is 24.3 Å². The lowest BCUT2D eigenvalue weighted by molar-refractivity contribution is 0.252. The minimum absolute atomic E-state index is 0.250. The molecule has 2 heterocycles. The molecule has 1 aromatic rings. The number of epoxide rings is 2. The Morgan fingerprint density at radius 2 is 1.53 bits per heavy atom. The topological polar surface area (TPSA) is 63.8 Å². The van der Waals surface area contributed by atoms with Gasteiger partial charge in [0, 0.05) is 12.7 Å². The van der Waals surface area contributed by atoms with Gasteiger partial charge in [0.05, 0.1) is 13.2 Å². The smallest absolute Gasteiger partial charge is 0.123 e. The molecule has 0 saturated carbocycles. The van der Waals surface area contributed by atoms with Gasteiger partial charge in [-0.1, -0.05) is 6.07 Å². The molecule has 3 rings (SSSR count). The maximum absolute atomic E-state index is 7.57. The van der Waals surface area contributed by atoms with E-state index in [2.05, 4.69) is 0 Å². The van der Waals surface area contributed by atoms with Gasteiger partial charge in [-0.25, -0.2) is 0 Å². The lowest BCUT2D eigenvalue weighted by Gasteiger charge is -2.07. The molecule has 0 aliphatic carbocycles. The first-order valence-corrected chi connectivity index (χ1v) is 6.51. The lowest BCUT2D eigenvalue weighted by atomic mass is 10.3. The molecule has 5 nitrogen and oxygen atoms in total. The van der Waals surface area contributed by atoms with Crippen LogP contribution in [0.1, 0.15) is 6.92 Å². The molecule has 2 unspecified atom stereocenters. The van der Waals surface area contributed by atoms with E-state index in [1.807, 2.05) is 24.3 Å². The molecule has 1 aromatic carbocycles. The Morgan fingerprint density at radius 1 is 1.11 bits per heavy atom. The number of ether oxygens (including phenoxy) is 4. The van der Waals surface area contributed by atoms with E-state index in [0.29, 0.717) is 13.2 Å². The average Bonchev–Trinajstić information content (AvgIpc) is 3.30. The Labute approximate surface area is 113 Å². The van der Waals surface area contributed by atoms with Crippen molar-refractivity contribution in [3.05, 3.63) is 24.3 Å². The van der Waals surface area contributed by atoms with E-state index >= 15 is 0 Å². The Balaban J connectivity index is 0.000000408. The van der Waals surface area contributed by atoms with E-state index < -0.39 is 0 Å². The van der Waals surface area contributed by atoms with Gasteiger partial charge in [0.1, 0.15) is 36.9 Å². The summed E-state index contributed by atoms with van der Waals surface area (Å²) in [5.74, 6) is 1.65. The fraction of sp³-hybridized carbons (Fsp3) is 0.571. The van der Waals surface area contributed by atoms with Crippen LogP contribution in [-0.2, 0) is 9.47 Å². The molecule has 5 heteroatoms. The molecule has 0 bridgehead atoms. The fourth-order valence-electron chi connectivity index (χ4n) is 1.36. The highest BCUT2D eigenvalue weighted by Crippen LogP contribution is 2.22. The van der Waals surface area contributed by atoms with E-state index in [1.165, 1.54) is 0 Å². The van der Waals surface area contributed by atoms with Gasteiger partial charge in [-0.2, -0.15) is 0 Å². The maximum Gasteiger partial charge on any atom is 0.123 e. The van der Waals surface area contributed by atoms with Crippen molar-refractivity contribution in [2.75, 3.05) is 33.0 Å². The van der Waals surface area contributed by atoms with Crippen molar-refractivity contribution >= 4 is 0 Å². The third-order valence-electron chi connectivity index (χ3n) is 2.48. The minimum atomic E-state index is 0.250. The van der Waals surface area contributed by atoms with Crippen LogP contribution in [0, 0.1) is 0 Å². The third kappa shape index (κ3) is 5.92. The quantitative estimate of drug-likeness (QED) is 0.786. The van der Waals surface area contributed by atoms with Crippen molar-refractivity contribution < 1.29 is 24.1 Å². The highest BCUT2D eigenvalue weighted by molar-refractivity contribution is 5.33. The Morgan fingerprint density at radius 3 is 1.89 bits per heavy atom. The first-order chi connectivity index (χ1) is 9.31. The van der Waals surface area contributed by atoms with Crippen molar-refractivity contribution in [1.29, 1.82) is 0 Å². The van der Waals surface area contributed by atoms with Crippen LogP contribution in [-0.4, -0.2) is 50.3 Å². The van der Waals surface area contributed by atoms with E-state index in [1.54, 1.807) is 6.92 Å². The SMILES string of the molecule is CCO.c1cc(OCC2CO2)cc(OCC2CO2)c1. The van der Waals surface area contributed by atoms with Crippen LogP contribution in [0.5, 0.6) is 11.5 Å². The van der Waals surface area contributed by atoms with Crippen molar-refractivity contribution in [1.82, 2.24) is 0 Å². The molecule has 2 saturated heterocycles. The van der Waals surface area contributed by atoms with Crippen molar-refractivity contribution in [2.45, 2.75) is 19.1 Å². The predicted octanol–water partition coefficient (Wildman–Crippen LogP) is 1.24. The second-order valence-electron chi connectivity index (χ2n) is 4.32. The van der Waals surface area contributed by atoms with Crippen LogP contribution in [0.25, 0.3) is 0 Å². The second-order valence-corrected chi connectivity index (χ2v) is 4.32. The molecular weight excluding hydrogens is 248 g/mol. The van der Waals surface area contributed by atoms with Crippen LogP contribution >= 0.6 is 0 Å². The predicted molar refractivity (Wildman–Crippen MR) is 69.7 cm³/mol. The van der Waals surface area contributed by atoms with Gasteiger partial charge in [-0.15, -0.1) is 0 Å². The molecule has 0 radical (unpaired) electrons. The number of benzene rings is 1. The summed E-state index contributed by atoms with van der Waals surface area (Å²) in [5, 5.41) is 7.57. The van der Waals surface area contributed by atoms with Gasteiger partial charge in [-0.3, -0.25) is 0 Å². The van der Waals surface area contributed by atoms with Gasteiger partial charge >= 0.3 is 0 Å². The summed E-state index contributed by atoms with van der Waals surface area (Å²) in [7, 11) is 0. The summed E-state index contributed by atoms with van der Waals surface area (Å²) in [5.41, 5.74) is 0. The normalized spacial score (nSPS) is 23.1. The summed E-state index contributed by atoms with van der Waals surface area (Å²) in [6.07, 6.45) is 0.564. The molecule has 2 aliphatic heterocycles. The third-order valence-corrected chi connectivity index (χ3v) is 2.48. The summed E-state index contributed by atoms with van der Waals surface area (Å²) < 4.78 is 21.3. The Bertz CT molecular complexity index is 343. The van der Waals surface area contributed by atoms with E-state index in [4.69, 9.17) is 24.1 Å². The second kappa shape index (κ2) is 7.33. The zero-order valence-electron chi connectivity index (χ0n) is 11.1. The van der Waals surface area contributed by atoms with Crippen molar-refractivity contribution in [2.24, 2.45) is 0 Å². The number of hydrogen-bond acceptors (Lipinski definition) is 5. The fourth-order valence-corrected chi connectivity index (χ4v) is 1.36. The first kappa shape index (κ1) is 14.1. The van der Waals surface area contributed by atoms with Gasteiger partial charge in [0.25, 0.3) is 0 Å². The highest BCUT2D eigenvalue weighted by Gasteiger charge is 2.24. The number of aliphatic hydroxyl groups excluding tert-OH is 1. The molecule has 19 heavy (non-hydrogen) atoms. The molecule has 2 fully saturated rings. The summed E-state index contributed by atoms with van der Waals surface area (Å²) in [6.45, 7) is 4.80. The standard InChI is InChI=1S/C12H14O4.C2H6O/c1-2-9(13-5-11-7-15-11)4-10(3-1)14-6-12-8-16-12;1-2-3/h1-4,11-12H,5-8H2;3H,2H2,1H3. The van der Waals surface area contributed by atoms with Crippen LogP contribution in [0.4, 0.5) is 0 Å². The van der Waals surface area contributed by atoms with E-state index in [9.17, 15) is 0 Å². The number of aliphatic hydroxyl groups is 1. The molecular formula is C14H20O5. The Hall–Kier alpha value is -1.30. The van der Waals surface area contributed by atoms with E-state index in [0.717, 1.165) is 24.7 Å². The summed E-state index contributed by atoms with van der Waals surface area (Å²) in [4.78, 5) is 0. The van der Waals surface area contributed by atoms with Crippen molar-refractivity contribution in [3.8, 4) is 11.5 Å². The molecule has 1 N–H and O–H groups in total. The lowest BCUT2D eigenvalue weighted by Crippen LogP contribution is -2.06. The molecule has 0 spiro atoms. The van der Waals surface area contributed by atoms with Crippen LogP contribution in [0.2, 0.25) is 0 Å². The minimum Gasteiger partial charge on any atom is -0.491 e. The van der Waals surface area contributed by atoms with Crippen molar-refractivity contribution in [3.63, 3.8) is 0 Å². The average molecular weight is 268 g/mol. The number of hydrogen-bond donors (Lipinski definition) is 1. The zero-order valence-corrected chi connectivity index (χ0v) is 11.1. The van der Waals surface area contributed by atoms with Crippen LogP contribution < -0.4 is 9.47 Å². The largest absolute Gasteiger partial charge is 0.491 e. The van der Waals surface area contributed by atoms with Gasteiger partial charge in [-0.05, 0) is 19.1 Å². The summed E-state index contributed by atoms with van der Waals surface area (Å²) >= 11 is 0. The van der Waals surface area contributed by atoms with Gasteiger partial charge in [0.15, 0.2) is 0 Å². The Kier molecular flexibility index (Phi) is 5.44. The molecule has 0 amide bonds. The molecule has 2 atom stereocenters. The monoisotopic (exact) mass is 268 g/mol. The first-order valence-electron chi connectivity index (χ1n) is 6.51. The molecule has 106 valence electrons.